The standard InChI is InChI=1S/C24H31F3N4O4S/c25-24(26,27)15-31-14-23(29-36(31,34)35)19-6-7-20(23)12-18-10-17(5-4-16(18)11-19)22(33)28-13-21(32)30-8-2-1-3-9-30/h4-5,10,19-20,29H,1-3,6-9,11-15H2,(H,28,33)/t19-,20+,23+/m0/s1. The van der Waals surface area contributed by atoms with Gasteiger partial charge in [-0.05, 0) is 80.0 Å². The fourth-order valence-corrected chi connectivity index (χ4v) is 8.21. The largest absolute Gasteiger partial charge is 0.402 e. The molecule has 8 nitrogen and oxygen atoms in total. The molecular weight excluding hydrogens is 497 g/mol. The van der Waals surface area contributed by atoms with Crippen LogP contribution in [0, 0.1) is 11.8 Å². The van der Waals surface area contributed by atoms with Crippen LogP contribution in [0.25, 0.3) is 0 Å². The Morgan fingerprint density at radius 3 is 2.39 bits per heavy atom. The van der Waals surface area contributed by atoms with E-state index in [0.29, 0.717) is 42.2 Å². The fraction of sp³-hybridized carbons (Fsp3) is 0.667. The lowest BCUT2D eigenvalue weighted by Crippen LogP contribution is -2.52. The van der Waals surface area contributed by atoms with Gasteiger partial charge >= 0.3 is 6.18 Å². The third-order valence-electron chi connectivity index (χ3n) is 8.28. The first kappa shape index (κ1) is 25.5. The molecule has 0 radical (unpaired) electrons. The van der Waals surface area contributed by atoms with Crippen LogP contribution in [-0.4, -0.2) is 73.9 Å². The number of hydrogen-bond donors (Lipinski definition) is 2. The molecule has 4 aliphatic rings. The zero-order valence-electron chi connectivity index (χ0n) is 19.9. The Morgan fingerprint density at radius 1 is 1.06 bits per heavy atom. The van der Waals surface area contributed by atoms with Crippen molar-refractivity contribution in [2.45, 2.75) is 56.7 Å². The Balaban J connectivity index is 1.30. The lowest BCUT2D eigenvalue weighted by atomic mass is 9.79. The highest BCUT2D eigenvalue weighted by atomic mass is 32.2. The van der Waals surface area contributed by atoms with E-state index in [0.717, 1.165) is 36.8 Å². The van der Waals surface area contributed by atoms with Crippen molar-refractivity contribution in [1.82, 2.24) is 19.2 Å². The van der Waals surface area contributed by atoms with Gasteiger partial charge in [-0.3, -0.25) is 9.59 Å². The van der Waals surface area contributed by atoms with E-state index in [-0.39, 0.29) is 36.7 Å². The summed E-state index contributed by atoms with van der Waals surface area (Å²) in [6.45, 7) is -0.356. The SMILES string of the molecule is O=C(NCC(=O)N1CCCCC1)c1ccc2c(c1)C[C@H]1CC[C@@H](C2)[C@]12CN(CC(F)(F)F)S(=O)(=O)N2. The van der Waals surface area contributed by atoms with Crippen LogP contribution in [-0.2, 0) is 27.8 Å². The maximum absolute atomic E-state index is 13.1. The van der Waals surface area contributed by atoms with Gasteiger partial charge in [0.15, 0.2) is 0 Å². The van der Waals surface area contributed by atoms with Crippen molar-refractivity contribution in [3.8, 4) is 0 Å². The summed E-state index contributed by atoms with van der Waals surface area (Å²) in [7, 11) is -4.24. The number of piperidine rings is 1. The third-order valence-corrected chi connectivity index (χ3v) is 9.86. The number of nitrogens with one attached hydrogen (secondary N) is 2. The number of carbonyl (C=O) groups excluding carboxylic acids is 2. The molecule has 2 aliphatic carbocycles. The van der Waals surface area contributed by atoms with Gasteiger partial charge in [0.2, 0.25) is 5.91 Å². The molecule has 12 heteroatoms. The summed E-state index contributed by atoms with van der Waals surface area (Å²) in [4.78, 5) is 26.9. The van der Waals surface area contributed by atoms with Gasteiger partial charge in [0.25, 0.3) is 16.1 Å². The van der Waals surface area contributed by atoms with Gasteiger partial charge in [0.1, 0.15) is 6.54 Å². The molecule has 2 amide bonds. The Labute approximate surface area is 208 Å². The van der Waals surface area contributed by atoms with Gasteiger partial charge < -0.3 is 10.2 Å². The topological polar surface area (TPSA) is 98.8 Å². The number of amides is 2. The molecule has 0 aromatic heterocycles. The van der Waals surface area contributed by atoms with Gasteiger partial charge in [-0.2, -0.15) is 30.6 Å². The van der Waals surface area contributed by atoms with Gasteiger partial charge in [-0.25, -0.2) is 0 Å². The number of rotatable bonds is 4. The van der Waals surface area contributed by atoms with E-state index in [9.17, 15) is 31.2 Å². The predicted molar refractivity (Wildman–Crippen MR) is 125 cm³/mol. The van der Waals surface area contributed by atoms with Crippen LogP contribution >= 0.6 is 0 Å². The van der Waals surface area contributed by atoms with Crippen molar-refractivity contribution < 1.29 is 31.2 Å². The van der Waals surface area contributed by atoms with Crippen LogP contribution < -0.4 is 10.0 Å². The molecule has 5 rings (SSSR count). The van der Waals surface area contributed by atoms with Crippen LogP contribution in [0.1, 0.15) is 53.6 Å². The van der Waals surface area contributed by atoms with Crippen molar-refractivity contribution in [3.05, 3.63) is 34.9 Å². The van der Waals surface area contributed by atoms with E-state index in [1.54, 1.807) is 17.0 Å². The fourth-order valence-electron chi connectivity index (χ4n) is 6.50. The molecule has 36 heavy (non-hydrogen) atoms. The van der Waals surface area contributed by atoms with Crippen molar-refractivity contribution >= 4 is 22.0 Å². The highest BCUT2D eigenvalue weighted by Crippen LogP contribution is 2.50. The molecule has 2 heterocycles. The molecule has 1 aromatic rings. The number of alkyl halides is 3. The van der Waals surface area contributed by atoms with Crippen LogP contribution in [0.15, 0.2) is 18.2 Å². The molecule has 3 fully saturated rings. The van der Waals surface area contributed by atoms with Gasteiger partial charge in [-0.15, -0.1) is 0 Å². The Hall–Kier alpha value is -2.18. The maximum Gasteiger partial charge on any atom is 0.402 e. The maximum atomic E-state index is 13.1. The molecule has 1 saturated carbocycles. The average Bonchev–Trinajstić information content (AvgIpc) is 3.20. The zero-order chi connectivity index (χ0) is 25.7. The number of fused-ring (bicyclic) bond motifs is 1. The summed E-state index contributed by atoms with van der Waals surface area (Å²) in [5.74, 6) is -0.756. The van der Waals surface area contributed by atoms with Crippen LogP contribution in [0.5, 0.6) is 0 Å². The second-order valence-corrected chi connectivity index (χ2v) is 12.2. The molecule has 198 valence electrons. The summed E-state index contributed by atoms with van der Waals surface area (Å²) in [6, 6.07) is 5.32. The minimum absolute atomic E-state index is 0.0689. The Kier molecular flexibility index (Phi) is 6.57. The molecule has 2 bridgehead atoms. The number of halogens is 3. The first-order valence-corrected chi connectivity index (χ1v) is 13.9. The summed E-state index contributed by atoms with van der Waals surface area (Å²) in [5, 5.41) is 2.70. The molecule has 3 atom stereocenters. The lowest BCUT2D eigenvalue weighted by Gasteiger charge is -2.33. The third kappa shape index (κ3) is 4.87. The van der Waals surface area contributed by atoms with Crippen LogP contribution in [0.3, 0.4) is 0 Å². The number of likely N-dealkylation sites (tertiary alicyclic amines) is 1. The van der Waals surface area contributed by atoms with E-state index >= 15 is 0 Å². The van der Waals surface area contributed by atoms with Gasteiger partial charge in [0, 0.05) is 25.2 Å². The van der Waals surface area contributed by atoms with E-state index in [1.165, 1.54) is 0 Å². The summed E-state index contributed by atoms with van der Waals surface area (Å²) in [5.41, 5.74) is 1.35. The minimum Gasteiger partial charge on any atom is -0.343 e. The molecule has 0 unspecified atom stereocenters. The number of benzene rings is 1. The Morgan fingerprint density at radius 2 is 1.72 bits per heavy atom. The summed E-state index contributed by atoms with van der Waals surface area (Å²) < 4.78 is 67.6. The minimum atomic E-state index is -4.62. The van der Waals surface area contributed by atoms with Crippen molar-refractivity contribution in [2.75, 3.05) is 32.7 Å². The predicted octanol–water partition coefficient (Wildman–Crippen LogP) is 2.00. The first-order valence-electron chi connectivity index (χ1n) is 12.5. The highest BCUT2D eigenvalue weighted by Gasteiger charge is 2.60. The van der Waals surface area contributed by atoms with Gasteiger partial charge in [0.05, 0.1) is 12.1 Å². The first-order chi connectivity index (χ1) is 17.0. The lowest BCUT2D eigenvalue weighted by molar-refractivity contribution is -0.136. The number of nitrogens with zero attached hydrogens (tertiary/aromatic N) is 2. The molecule has 1 aromatic carbocycles. The van der Waals surface area contributed by atoms with Crippen LogP contribution in [0.4, 0.5) is 13.2 Å². The smallest absolute Gasteiger partial charge is 0.343 e. The van der Waals surface area contributed by atoms with Crippen molar-refractivity contribution in [2.24, 2.45) is 11.8 Å². The van der Waals surface area contributed by atoms with E-state index < -0.39 is 28.5 Å². The summed E-state index contributed by atoms with van der Waals surface area (Å²) in [6.07, 6.45) is 0.865. The van der Waals surface area contributed by atoms with E-state index in [2.05, 4.69) is 10.0 Å². The summed E-state index contributed by atoms with van der Waals surface area (Å²) >= 11 is 0. The molecule has 1 spiro atoms. The van der Waals surface area contributed by atoms with Crippen LogP contribution in [0.2, 0.25) is 0 Å². The van der Waals surface area contributed by atoms with Crippen molar-refractivity contribution in [1.29, 1.82) is 0 Å². The van der Waals surface area contributed by atoms with Gasteiger partial charge in [-0.1, -0.05) is 6.07 Å². The average molecular weight is 529 g/mol. The molecule has 2 saturated heterocycles. The normalized spacial score (nSPS) is 29.7. The van der Waals surface area contributed by atoms with E-state index in [4.69, 9.17) is 0 Å². The van der Waals surface area contributed by atoms with Crippen molar-refractivity contribution in [3.63, 3.8) is 0 Å². The monoisotopic (exact) mass is 528 g/mol. The van der Waals surface area contributed by atoms with E-state index in [1.807, 2.05) is 6.07 Å². The number of carbonyl (C=O) groups is 2. The molecule has 2 aliphatic heterocycles. The second kappa shape index (κ2) is 9.29. The second-order valence-electron chi connectivity index (χ2n) is 10.5. The number of hydrogen-bond acceptors (Lipinski definition) is 4. The zero-order valence-corrected chi connectivity index (χ0v) is 20.8. The Bertz CT molecular complexity index is 1150. The quantitative estimate of drug-likeness (QED) is 0.625. The molecular formula is C24H31F3N4O4S. The molecule has 2 N–H and O–H groups in total. The highest BCUT2D eigenvalue weighted by molar-refractivity contribution is 7.87.